The van der Waals surface area contributed by atoms with E-state index < -0.39 is 12.0 Å². The minimum absolute atomic E-state index is 0.563. The molecule has 4 heteroatoms. The Hall–Kier alpha value is -2.33. The predicted octanol–water partition coefficient (Wildman–Crippen LogP) is 3.25. The third-order valence-electron chi connectivity index (χ3n) is 4.95. The van der Waals surface area contributed by atoms with Crippen molar-refractivity contribution in [1.82, 2.24) is 4.90 Å². The van der Waals surface area contributed by atoms with Crippen molar-refractivity contribution in [3.05, 3.63) is 65.2 Å². The predicted molar refractivity (Wildman–Crippen MR) is 96.5 cm³/mol. The van der Waals surface area contributed by atoms with Gasteiger partial charge < -0.3 is 10.0 Å². The van der Waals surface area contributed by atoms with Crippen LogP contribution in [0.5, 0.6) is 0 Å². The Balaban J connectivity index is 1.74. The molecule has 1 atom stereocenters. The van der Waals surface area contributed by atoms with Gasteiger partial charge in [0.25, 0.3) is 0 Å². The fourth-order valence-electron chi connectivity index (χ4n) is 3.44. The third kappa shape index (κ3) is 3.29. The Labute approximate surface area is 143 Å². The highest BCUT2D eigenvalue weighted by Gasteiger charge is 2.30. The lowest BCUT2D eigenvalue weighted by atomic mass is 10.0. The smallest absolute Gasteiger partial charge is 0.325 e. The van der Waals surface area contributed by atoms with Gasteiger partial charge in [-0.2, -0.15) is 0 Å². The highest BCUT2D eigenvalue weighted by molar-refractivity contribution is 5.75. The zero-order valence-electron chi connectivity index (χ0n) is 14.3. The van der Waals surface area contributed by atoms with E-state index in [-0.39, 0.29) is 0 Å². The highest BCUT2D eigenvalue weighted by Crippen LogP contribution is 2.27. The molecule has 0 amide bonds. The van der Waals surface area contributed by atoms with E-state index in [2.05, 4.69) is 41.8 Å². The van der Waals surface area contributed by atoms with E-state index in [4.69, 9.17) is 0 Å². The van der Waals surface area contributed by atoms with Gasteiger partial charge in [0.05, 0.1) is 0 Å². The van der Waals surface area contributed by atoms with Crippen LogP contribution in [0.3, 0.4) is 0 Å². The molecule has 1 fully saturated rings. The molecule has 1 saturated heterocycles. The molecule has 1 N–H and O–H groups in total. The topological polar surface area (TPSA) is 43.8 Å². The number of carbonyl (C=O) groups is 1. The second-order valence-electron chi connectivity index (χ2n) is 6.39. The quantitative estimate of drug-likeness (QED) is 0.937. The van der Waals surface area contributed by atoms with Crippen LogP contribution in [-0.4, -0.2) is 42.2 Å². The molecule has 24 heavy (non-hydrogen) atoms. The summed E-state index contributed by atoms with van der Waals surface area (Å²) >= 11 is 0. The molecule has 1 aliphatic rings. The molecule has 2 aromatic rings. The summed E-state index contributed by atoms with van der Waals surface area (Å²) in [5.41, 5.74) is 4.72. The fraction of sp³-hybridized carbons (Fsp3) is 0.350. The monoisotopic (exact) mass is 324 g/mol. The number of nitrogens with zero attached hydrogens (tertiary/aromatic N) is 2. The Morgan fingerprint density at radius 3 is 2.25 bits per heavy atom. The van der Waals surface area contributed by atoms with E-state index in [0.717, 1.165) is 31.7 Å². The van der Waals surface area contributed by atoms with Crippen LogP contribution in [0.2, 0.25) is 0 Å². The van der Waals surface area contributed by atoms with Crippen molar-refractivity contribution in [2.24, 2.45) is 0 Å². The second kappa shape index (κ2) is 7.05. The number of hydrogen-bond acceptors (Lipinski definition) is 3. The third-order valence-corrected chi connectivity index (χ3v) is 4.95. The van der Waals surface area contributed by atoms with E-state index >= 15 is 0 Å². The van der Waals surface area contributed by atoms with Gasteiger partial charge in [0.15, 0.2) is 0 Å². The van der Waals surface area contributed by atoms with Crippen LogP contribution < -0.4 is 4.90 Å². The standard InChI is InChI=1S/C20H24N2O2/c1-15-7-6-10-18(16(15)2)21-11-13-22(14-12-21)19(20(23)24)17-8-4-3-5-9-17/h3-10,19H,11-14H2,1-2H3,(H,23,24). The Morgan fingerprint density at radius 2 is 1.62 bits per heavy atom. The maximum Gasteiger partial charge on any atom is 0.325 e. The molecule has 1 unspecified atom stereocenters. The number of carboxylic acids is 1. The summed E-state index contributed by atoms with van der Waals surface area (Å²) in [7, 11) is 0. The molecule has 0 bridgehead atoms. The molecule has 1 aliphatic heterocycles. The number of aliphatic carboxylic acids is 1. The van der Waals surface area contributed by atoms with Crippen LogP contribution in [0.4, 0.5) is 5.69 Å². The molecule has 3 rings (SSSR count). The zero-order valence-corrected chi connectivity index (χ0v) is 14.3. The molecule has 4 nitrogen and oxygen atoms in total. The molecular weight excluding hydrogens is 300 g/mol. The van der Waals surface area contributed by atoms with Crippen LogP contribution >= 0.6 is 0 Å². The first-order valence-electron chi connectivity index (χ1n) is 8.41. The number of aryl methyl sites for hydroxylation is 1. The summed E-state index contributed by atoms with van der Waals surface area (Å²) in [4.78, 5) is 16.2. The summed E-state index contributed by atoms with van der Waals surface area (Å²) in [6, 6.07) is 15.3. The van der Waals surface area contributed by atoms with Crippen molar-refractivity contribution in [2.75, 3.05) is 31.1 Å². The Morgan fingerprint density at radius 1 is 0.958 bits per heavy atom. The van der Waals surface area contributed by atoms with Gasteiger partial charge in [-0.15, -0.1) is 0 Å². The van der Waals surface area contributed by atoms with Crippen LogP contribution in [0.15, 0.2) is 48.5 Å². The number of benzene rings is 2. The fourth-order valence-corrected chi connectivity index (χ4v) is 3.44. The summed E-state index contributed by atoms with van der Waals surface area (Å²) in [6.45, 7) is 7.48. The van der Waals surface area contributed by atoms with Gasteiger partial charge >= 0.3 is 5.97 Å². The zero-order chi connectivity index (χ0) is 17.1. The summed E-state index contributed by atoms with van der Waals surface area (Å²) in [5.74, 6) is -0.776. The second-order valence-corrected chi connectivity index (χ2v) is 6.39. The van der Waals surface area contributed by atoms with Crippen LogP contribution in [-0.2, 0) is 4.79 Å². The maximum absolute atomic E-state index is 11.8. The first-order valence-corrected chi connectivity index (χ1v) is 8.41. The lowest BCUT2D eigenvalue weighted by molar-refractivity contribution is -0.143. The molecule has 0 saturated carbocycles. The minimum Gasteiger partial charge on any atom is -0.480 e. The minimum atomic E-state index is -0.776. The van der Waals surface area contributed by atoms with Gasteiger partial charge in [0.2, 0.25) is 0 Å². The summed E-state index contributed by atoms with van der Waals surface area (Å²) in [5, 5.41) is 9.69. The van der Waals surface area contributed by atoms with E-state index in [1.807, 2.05) is 30.3 Å². The van der Waals surface area contributed by atoms with Crippen molar-refractivity contribution in [3.63, 3.8) is 0 Å². The largest absolute Gasteiger partial charge is 0.480 e. The molecule has 0 spiro atoms. The van der Waals surface area contributed by atoms with Gasteiger partial charge in [0.1, 0.15) is 6.04 Å². The van der Waals surface area contributed by atoms with Gasteiger partial charge in [-0.05, 0) is 36.6 Å². The Bertz CT molecular complexity index is 707. The van der Waals surface area contributed by atoms with Crippen LogP contribution in [0.25, 0.3) is 0 Å². The van der Waals surface area contributed by atoms with Gasteiger partial charge in [0, 0.05) is 31.9 Å². The van der Waals surface area contributed by atoms with Crippen molar-refractivity contribution < 1.29 is 9.90 Å². The molecule has 0 radical (unpaired) electrons. The van der Waals surface area contributed by atoms with Gasteiger partial charge in [-0.3, -0.25) is 9.69 Å². The van der Waals surface area contributed by atoms with Crippen molar-refractivity contribution in [3.8, 4) is 0 Å². The number of piperazine rings is 1. The molecule has 0 aromatic heterocycles. The lowest BCUT2D eigenvalue weighted by Gasteiger charge is -2.39. The average Bonchev–Trinajstić information content (AvgIpc) is 2.59. The first-order chi connectivity index (χ1) is 11.6. The van der Waals surface area contributed by atoms with E-state index in [1.165, 1.54) is 16.8 Å². The normalized spacial score (nSPS) is 16.8. The highest BCUT2D eigenvalue weighted by atomic mass is 16.4. The number of rotatable bonds is 4. The molecular formula is C20H24N2O2. The van der Waals surface area contributed by atoms with Gasteiger partial charge in [-0.25, -0.2) is 0 Å². The van der Waals surface area contributed by atoms with E-state index in [9.17, 15) is 9.90 Å². The average molecular weight is 324 g/mol. The summed E-state index contributed by atoms with van der Waals surface area (Å²) < 4.78 is 0. The Kier molecular flexibility index (Phi) is 4.86. The maximum atomic E-state index is 11.8. The molecule has 126 valence electrons. The SMILES string of the molecule is Cc1cccc(N2CCN(C(C(=O)O)c3ccccc3)CC2)c1C. The molecule has 2 aromatic carbocycles. The van der Waals surface area contributed by atoms with Crippen LogP contribution in [0.1, 0.15) is 22.7 Å². The van der Waals surface area contributed by atoms with E-state index in [0.29, 0.717) is 0 Å². The molecule has 0 aliphatic carbocycles. The van der Waals surface area contributed by atoms with Crippen molar-refractivity contribution in [1.29, 1.82) is 0 Å². The van der Waals surface area contributed by atoms with Crippen LogP contribution in [0, 0.1) is 13.8 Å². The van der Waals surface area contributed by atoms with E-state index in [1.54, 1.807) is 0 Å². The number of hydrogen-bond donors (Lipinski definition) is 1. The van der Waals surface area contributed by atoms with Crippen molar-refractivity contribution >= 4 is 11.7 Å². The number of carboxylic acid groups (broad SMARTS) is 1. The lowest BCUT2D eigenvalue weighted by Crippen LogP contribution is -2.49. The molecule has 1 heterocycles. The number of anilines is 1. The summed E-state index contributed by atoms with van der Waals surface area (Å²) in [6.07, 6.45) is 0. The first kappa shape index (κ1) is 16.5. The van der Waals surface area contributed by atoms with Gasteiger partial charge in [-0.1, -0.05) is 42.5 Å². The van der Waals surface area contributed by atoms with Crippen molar-refractivity contribution in [2.45, 2.75) is 19.9 Å².